The zero-order valence-corrected chi connectivity index (χ0v) is 27.2. The number of nitrogens with two attached hydrogens (primary N) is 1. The van der Waals surface area contributed by atoms with E-state index in [1.54, 1.807) is 12.1 Å². The average molecular weight is 638 g/mol. The monoisotopic (exact) mass is 637 g/mol. The third-order valence-corrected chi connectivity index (χ3v) is 8.63. The van der Waals surface area contributed by atoms with Gasteiger partial charge in [0.15, 0.2) is 0 Å². The van der Waals surface area contributed by atoms with E-state index >= 15 is 0 Å². The minimum atomic E-state index is -1.24. The van der Waals surface area contributed by atoms with Gasteiger partial charge in [0.2, 0.25) is 11.8 Å². The van der Waals surface area contributed by atoms with Crippen LogP contribution < -0.4 is 11.1 Å². The van der Waals surface area contributed by atoms with Gasteiger partial charge >= 0.3 is 5.97 Å². The van der Waals surface area contributed by atoms with E-state index in [0.29, 0.717) is 45.7 Å². The van der Waals surface area contributed by atoms with Crippen molar-refractivity contribution in [3.63, 3.8) is 0 Å². The summed E-state index contributed by atoms with van der Waals surface area (Å²) in [6, 6.07) is 7.76. The summed E-state index contributed by atoms with van der Waals surface area (Å²) < 4.78 is 5.44. The van der Waals surface area contributed by atoms with Crippen molar-refractivity contribution in [2.75, 3.05) is 45.9 Å². The Hall–Kier alpha value is -3.87. The van der Waals surface area contributed by atoms with Gasteiger partial charge in [0.25, 0.3) is 11.8 Å². The molecule has 0 spiro atoms. The first kappa shape index (κ1) is 35.0. The third-order valence-electron chi connectivity index (χ3n) is 8.63. The number of ether oxygens (including phenoxy) is 1. The second kappa shape index (κ2) is 15.6. The van der Waals surface area contributed by atoms with E-state index in [0.717, 1.165) is 15.7 Å². The zero-order chi connectivity index (χ0) is 33.5. The van der Waals surface area contributed by atoms with Crippen LogP contribution in [0.25, 0.3) is 10.8 Å². The van der Waals surface area contributed by atoms with E-state index in [9.17, 15) is 29.1 Å². The summed E-state index contributed by atoms with van der Waals surface area (Å²) in [5, 5.41) is 14.9. The highest BCUT2D eigenvalue weighted by Crippen LogP contribution is 2.28. The van der Waals surface area contributed by atoms with Crippen molar-refractivity contribution in [3.05, 3.63) is 47.5 Å². The lowest BCUT2D eigenvalue weighted by atomic mass is 9.97. The molecule has 2 aromatic rings. The van der Waals surface area contributed by atoms with Crippen molar-refractivity contribution in [3.8, 4) is 0 Å². The number of morpholine rings is 1. The molecule has 46 heavy (non-hydrogen) atoms. The molecule has 12 heteroatoms. The highest BCUT2D eigenvalue weighted by Gasteiger charge is 2.39. The molecule has 0 aliphatic carbocycles. The molecule has 0 radical (unpaired) electrons. The summed E-state index contributed by atoms with van der Waals surface area (Å²) in [5.41, 5.74) is 6.42. The van der Waals surface area contributed by atoms with Gasteiger partial charge in [-0.3, -0.25) is 39.1 Å². The van der Waals surface area contributed by atoms with Gasteiger partial charge in [0.1, 0.15) is 12.1 Å². The van der Waals surface area contributed by atoms with Crippen LogP contribution in [0.2, 0.25) is 0 Å². The molecule has 2 aromatic carbocycles. The number of hydrogen-bond acceptors (Lipinski definition) is 8. The Morgan fingerprint density at radius 3 is 1.98 bits per heavy atom. The van der Waals surface area contributed by atoms with Gasteiger partial charge in [-0.2, -0.15) is 0 Å². The fourth-order valence-corrected chi connectivity index (χ4v) is 6.21. The maximum atomic E-state index is 14.3. The lowest BCUT2D eigenvalue weighted by Gasteiger charge is -2.37. The standard InChI is InChI=1S/C34H47N5O7/c1-21(2)17-28(33(43)38(29(30(35)40)18-22(3)4)12-11-37-13-15-46-16-14-37)36-27(34(44)45)9-10-39-31(41)25-19-23-7-5-6-8-24(23)20-26(25)32(39)42/h5-8,19-22,27-29,36H,9-18H2,1-4H3,(H2,35,40)(H,44,45)/t27-,28+,29+/m1/s1. The molecule has 1 saturated heterocycles. The smallest absolute Gasteiger partial charge is 0.320 e. The number of benzene rings is 2. The van der Waals surface area contributed by atoms with E-state index in [-0.39, 0.29) is 42.5 Å². The number of fused-ring (bicyclic) bond motifs is 2. The highest BCUT2D eigenvalue weighted by molar-refractivity contribution is 6.23. The van der Waals surface area contributed by atoms with Gasteiger partial charge in [-0.05, 0) is 54.0 Å². The Labute approximate surface area is 270 Å². The van der Waals surface area contributed by atoms with Crippen molar-refractivity contribution in [1.82, 2.24) is 20.0 Å². The Balaban J connectivity index is 1.53. The molecular formula is C34H47N5O7. The minimum Gasteiger partial charge on any atom is -0.480 e. The average Bonchev–Trinajstić information content (AvgIpc) is 3.24. The number of amides is 4. The van der Waals surface area contributed by atoms with Crippen molar-refractivity contribution >= 4 is 40.4 Å². The number of imide groups is 1. The van der Waals surface area contributed by atoms with Crippen molar-refractivity contribution in [2.24, 2.45) is 17.6 Å². The molecule has 3 atom stereocenters. The fourth-order valence-electron chi connectivity index (χ4n) is 6.21. The van der Waals surface area contributed by atoms with Crippen LogP contribution in [0.4, 0.5) is 0 Å². The molecule has 4 N–H and O–H groups in total. The normalized spacial score (nSPS) is 17.4. The molecule has 0 aromatic heterocycles. The maximum absolute atomic E-state index is 14.3. The molecule has 250 valence electrons. The van der Waals surface area contributed by atoms with Crippen LogP contribution in [-0.2, 0) is 19.1 Å². The number of carbonyl (C=O) groups excluding carboxylic acids is 4. The number of primary amides is 1. The van der Waals surface area contributed by atoms with Crippen LogP contribution in [0.5, 0.6) is 0 Å². The molecular weight excluding hydrogens is 590 g/mol. The van der Waals surface area contributed by atoms with E-state index in [2.05, 4.69) is 10.2 Å². The van der Waals surface area contributed by atoms with Crippen molar-refractivity contribution in [1.29, 1.82) is 0 Å². The topological polar surface area (TPSA) is 163 Å². The van der Waals surface area contributed by atoms with E-state index in [4.69, 9.17) is 10.5 Å². The lowest BCUT2D eigenvalue weighted by molar-refractivity contribution is -0.144. The van der Waals surface area contributed by atoms with Gasteiger partial charge in [0.05, 0.1) is 30.4 Å². The van der Waals surface area contributed by atoms with Gasteiger partial charge in [-0.25, -0.2) is 0 Å². The Bertz CT molecular complexity index is 1380. The second-order valence-electron chi connectivity index (χ2n) is 13.1. The molecule has 4 rings (SSSR count). The predicted molar refractivity (Wildman–Crippen MR) is 173 cm³/mol. The predicted octanol–water partition coefficient (Wildman–Crippen LogP) is 2.34. The largest absolute Gasteiger partial charge is 0.480 e. The summed E-state index contributed by atoms with van der Waals surface area (Å²) in [7, 11) is 0. The zero-order valence-electron chi connectivity index (χ0n) is 27.2. The maximum Gasteiger partial charge on any atom is 0.320 e. The van der Waals surface area contributed by atoms with Crippen molar-refractivity contribution < 1.29 is 33.8 Å². The number of carboxylic acids is 1. The molecule has 0 bridgehead atoms. The van der Waals surface area contributed by atoms with Crippen LogP contribution in [0.15, 0.2) is 36.4 Å². The Kier molecular flexibility index (Phi) is 11.9. The number of rotatable bonds is 16. The first-order valence-corrected chi connectivity index (χ1v) is 16.1. The first-order chi connectivity index (χ1) is 21.9. The first-order valence-electron chi connectivity index (χ1n) is 16.1. The van der Waals surface area contributed by atoms with E-state index in [1.807, 2.05) is 52.0 Å². The molecule has 0 unspecified atom stereocenters. The molecule has 1 fully saturated rings. The SMILES string of the molecule is CC(C)C[C@H](N[C@H](CCN1C(=O)c2cc3ccccc3cc2C1=O)C(=O)O)C(=O)N(CCN1CCOCC1)[C@@H](CC(C)C)C(N)=O. The molecule has 0 saturated carbocycles. The number of hydrogen-bond donors (Lipinski definition) is 3. The quantitative estimate of drug-likeness (QED) is 0.235. The van der Waals surface area contributed by atoms with Gasteiger partial charge in [-0.15, -0.1) is 0 Å². The summed E-state index contributed by atoms with van der Waals surface area (Å²) in [4.78, 5) is 70.7. The fraction of sp³-hybridized carbons (Fsp3) is 0.559. The second-order valence-corrected chi connectivity index (χ2v) is 13.1. The molecule has 2 heterocycles. The number of aliphatic carboxylic acids is 1. The Morgan fingerprint density at radius 2 is 1.48 bits per heavy atom. The lowest BCUT2D eigenvalue weighted by Crippen LogP contribution is -2.59. The van der Waals surface area contributed by atoms with E-state index < -0.39 is 47.7 Å². The van der Waals surface area contributed by atoms with Gasteiger partial charge in [-0.1, -0.05) is 52.0 Å². The number of carboxylic acid groups (broad SMARTS) is 1. The van der Waals surface area contributed by atoms with Crippen LogP contribution in [0.1, 0.15) is 67.7 Å². The highest BCUT2D eigenvalue weighted by atomic mass is 16.5. The van der Waals surface area contributed by atoms with Gasteiger partial charge < -0.3 is 20.5 Å². The van der Waals surface area contributed by atoms with Crippen LogP contribution in [0.3, 0.4) is 0 Å². The molecule has 12 nitrogen and oxygen atoms in total. The number of nitrogens with zero attached hydrogens (tertiary/aromatic N) is 3. The summed E-state index contributed by atoms with van der Waals surface area (Å²) in [6.07, 6.45) is 0.570. The molecule has 2 aliphatic heterocycles. The number of carbonyl (C=O) groups is 5. The third kappa shape index (κ3) is 8.48. The summed E-state index contributed by atoms with van der Waals surface area (Å²) in [5.74, 6) is -3.08. The van der Waals surface area contributed by atoms with E-state index in [1.165, 1.54) is 4.90 Å². The summed E-state index contributed by atoms with van der Waals surface area (Å²) in [6.45, 7) is 11.0. The Morgan fingerprint density at radius 1 is 0.913 bits per heavy atom. The van der Waals surface area contributed by atoms with Crippen molar-refractivity contribution in [2.45, 2.75) is 65.1 Å². The van der Waals surface area contributed by atoms with Crippen LogP contribution in [0, 0.1) is 11.8 Å². The molecule has 4 amide bonds. The minimum absolute atomic E-state index is 0.0134. The van der Waals surface area contributed by atoms with Crippen LogP contribution in [-0.4, -0.2) is 113 Å². The molecule has 2 aliphatic rings. The number of nitrogens with one attached hydrogen (secondary N) is 1. The summed E-state index contributed by atoms with van der Waals surface area (Å²) >= 11 is 0. The van der Waals surface area contributed by atoms with Crippen LogP contribution >= 0.6 is 0 Å². The van der Waals surface area contributed by atoms with Gasteiger partial charge in [0, 0.05) is 32.7 Å².